The third-order valence-electron chi connectivity index (χ3n) is 3.43. The van der Waals surface area contributed by atoms with Gasteiger partial charge in [-0.2, -0.15) is 0 Å². The number of ether oxygens (including phenoxy) is 2. The topological polar surface area (TPSA) is 55.8 Å². The number of benzene rings is 3. The quantitative estimate of drug-likeness (QED) is 0.563. The number of hydrogen-bond acceptors (Lipinski definition) is 4. The Hall–Kier alpha value is -3.01. The molecule has 0 heterocycles. The van der Waals surface area contributed by atoms with Crippen molar-refractivity contribution in [3.8, 4) is 23.0 Å². The molecule has 116 valence electrons. The molecule has 4 nitrogen and oxygen atoms in total. The lowest BCUT2D eigenvalue weighted by atomic mass is 10.1. The van der Waals surface area contributed by atoms with Crippen molar-refractivity contribution in [2.45, 2.75) is 13.3 Å². The summed E-state index contributed by atoms with van der Waals surface area (Å²) in [7, 11) is 0. The molecule has 3 rings (SSSR count). The van der Waals surface area contributed by atoms with Gasteiger partial charge in [0.2, 0.25) is 0 Å². The van der Waals surface area contributed by atoms with Gasteiger partial charge in [0.25, 0.3) is 0 Å². The van der Waals surface area contributed by atoms with E-state index in [1.807, 2.05) is 24.3 Å². The third-order valence-corrected chi connectivity index (χ3v) is 3.43. The molecule has 0 radical (unpaired) electrons. The molecule has 0 aliphatic heterocycles. The predicted octanol–water partition coefficient (Wildman–Crippen LogP) is 4.65. The van der Waals surface area contributed by atoms with E-state index in [4.69, 9.17) is 9.47 Å². The van der Waals surface area contributed by atoms with Crippen molar-refractivity contribution in [1.82, 2.24) is 0 Å². The summed E-state index contributed by atoms with van der Waals surface area (Å²) in [6.45, 7) is 1.73. The highest BCUT2D eigenvalue weighted by atomic mass is 16.5. The van der Waals surface area contributed by atoms with Crippen LogP contribution < -0.4 is 9.47 Å². The van der Waals surface area contributed by atoms with Gasteiger partial charge >= 0.3 is 5.97 Å². The fraction of sp³-hybridized carbons (Fsp3) is 0.105. The summed E-state index contributed by atoms with van der Waals surface area (Å²) in [6, 6.07) is 17.8. The van der Waals surface area contributed by atoms with Crippen LogP contribution in [0.4, 0.5) is 0 Å². The van der Waals surface area contributed by atoms with Gasteiger partial charge in [-0.15, -0.1) is 0 Å². The summed E-state index contributed by atoms with van der Waals surface area (Å²) in [5.74, 6) is 0.878. The molecule has 0 unspecified atom stereocenters. The highest BCUT2D eigenvalue weighted by Crippen LogP contribution is 2.42. The summed E-state index contributed by atoms with van der Waals surface area (Å²) in [5.41, 5.74) is 0. The molecular weight excluding hydrogens is 292 g/mol. The van der Waals surface area contributed by atoms with Gasteiger partial charge < -0.3 is 14.6 Å². The normalized spacial score (nSPS) is 10.5. The van der Waals surface area contributed by atoms with Crippen molar-refractivity contribution >= 4 is 16.7 Å². The van der Waals surface area contributed by atoms with Crippen LogP contribution in [0.15, 0.2) is 60.7 Å². The van der Waals surface area contributed by atoms with Crippen LogP contribution in [-0.2, 0) is 4.79 Å². The van der Waals surface area contributed by atoms with Crippen LogP contribution in [-0.4, -0.2) is 11.1 Å². The molecule has 0 aliphatic carbocycles. The van der Waals surface area contributed by atoms with Crippen LogP contribution in [0.1, 0.15) is 13.3 Å². The van der Waals surface area contributed by atoms with Gasteiger partial charge in [0.1, 0.15) is 11.5 Å². The summed E-state index contributed by atoms with van der Waals surface area (Å²) >= 11 is 0. The molecule has 0 amide bonds. The van der Waals surface area contributed by atoms with Crippen molar-refractivity contribution in [3.63, 3.8) is 0 Å². The fourth-order valence-electron chi connectivity index (χ4n) is 2.27. The number of carbonyl (C=O) groups excluding carboxylic acids is 1. The average Bonchev–Trinajstić information content (AvgIpc) is 2.60. The lowest BCUT2D eigenvalue weighted by molar-refractivity contribution is -0.133. The number of phenols is 1. The van der Waals surface area contributed by atoms with Crippen LogP contribution in [0, 0.1) is 0 Å². The highest BCUT2D eigenvalue weighted by Gasteiger charge is 2.15. The number of phenolic OH excluding ortho intramolecular Hbond substituents is 1. The minimum absolute atomic E-state index is 0.0146. The van der Waals surface area contributed by atoms with Crippen LogP contribution in [0.2, 0.25) is 0 Å². The van der Waals surface area contributed by atoms with Crippen LogP contribution in [0.3, 0.4) is 0 Å². The number of aromatic hydroxyl groups is 1. The molecule has 0 saturated carbocycles. The van der Waals surface area contributed by atoms with Gasteiger partial charge in [0.15, 0.2) is 11.5 Å². The fourth-order valence-corrected chi connectivity index (χ4v) is 2.27. The number of rotatable bonds is 4. The lowest BCUT2D eigenvalue weighted by Gasteiger charge is -2.13. The van der Waals surface area contributed by atoms with E-state index in [2.05, 4.69) is 0 Å². The van der Waals surface area contributed by atoms with E-state index in [0.717, 1.165) is 0 Å². The van der Waals surface area contributed by atoms with Crippen LogP contribution in [0.5, 0.6) is 23.0 Å². The number of hydrogen-bond donors (Lipinski definition) is 1. The Kier molecular flexibility index (Phi) is 4.15. The summed E-state index contributed by atoms with van der Waals surface area (Å²) in [4.78, 5) is 11.7. The van der Waals surface area contributed by atoms with Crippen molar-refractivity contribution in [2.24, 2.45) is 0 Å². The Balaban J connectivity index is 2.10. The Bertz CT molecular complexity index is 841. The van der Waals surface area contributed by atoms with E-state index >= 15 is 0 Å². The average molecular weight is 308 g/mol. The minimum Gasteiger partial charge on any atom is -0.504 e. The highest BCUT2D eigenvalue weighted by molar-refractivity contribution is 5.96. The Labute approximate surface area is 133 Å². The molecular formula is C19H16O4. The van der Waals surface area contributed by atoms with Gasteiger partial charge in [-0.05, 0) is 12.1 Å². The molecule has 0 fully saturated rings. The zero-order chi connectivity index (χ0) is 16.2. The first-order valence-corrected chi connectivity index (χ1v) is 7.37. The van der Waals surface area contributed by atoms with Crippen LogP contribution >= 0.6 is 0 Å². The Morgan fingerprint density at radius 1 is 0.957 bits per heavy atom. The first-order valence-electron chi connectivity index (χ1n) is 7.37. The van der Waals surface area contributed by atoms with Gasteiger partial charge in [-0.3, -0.25) is 4.79 Å². The van der Waals surface area contributed by atoms with Gasteiger partial charge in [-0.25, -0.2) is 0 Å². The van der Waals surface area contributed by atoms with Crippen LogP contribution in [0.25, 0.3) is 10.8 Å². The smallest absolute Gasteiger partial charge is 0.310 e. The van der Waals surface area contributed by atoms with E-state index in [0.29, 0.717) is 22.3 Å². The number of fused-ring (bicyclic) bond motifs is 1. The van der Waals surface area contributed by atoms with Crippen molar-refractivity contribution < 1.29 is 19.4 Å². The van der Waals surface area contributed by atoms with E-state index < -0.39 is 0 Å². The van der Waals surface area contributed by atoms with E-state index in [1.54, 1.807) is 37.3 Å². The van der Waals surface area contributed by atoms with E-state index in [9.17, 15) is 9.90 Å². The second-order valence-corrected chi connectivity index (χ2v) is 5.01. The first-order chi connectivity index (χ1) is 11.2. The molecule has 3 aromatic carbocycles. The summed E-state index contributed by atoms with van der Waals surface area (Å²) < 4.78 is 11.1. The van der Waals surface area contributed by atoms with Crippen molar-refractivity contribution in [1.29, 1.82) is 0 Å². The molecule has 0 spiro atoms. The second-order valence-electron chi connectivity index (χ2n) is 5.01. The minimum atomic E-state index is -0.341. The number of para-hydroxylation sites is 1. The molecule has 0 saturated heterocycles. The zero-order valence-corrected chi connectivity index (χ0v) is 12.7. The standard InChI is InChI=1S/C19H16O4/c1-2-18(20)23-16-12-17(22-13-8-4-3-5-9-13)19(21)15-11-7-6-10-14(15)16/h3-12,21H,2H2,1H3. The van der Waals surface area contributed by atoms with Gasteiger partial charge in [0, 0.05) is 23.3 Å². The lowest BCUT2D eigenvalue weighted by Crippen LogP contribution is -2.06. The Morgan fingerprint density at radius 2 is 1.61 bits per heavy atom. The maximum Gasteiger partial charge on any atom is 0.310 e. The number of esters is 1. The molecule has 1 N–H and O–H groups in total. The maximum absolute atomic E-state index is 11.7. The molecule has 0 aliphatic rings. The third kappa shape index (κ3) is 3.11. The Morgan fingerprint density at radius 3 is 2.30 bits per heavy atom. The molecule has 23 heavy (non-hydrogen) atoms. The van der Waals surface area contributed by atoms with Gasteiger partial charge in [-0.1, -0.05) is 49.4 Å². The van der Waals surface area contributed by atoms with Crippen molar-refractivity contribution in [3.05, 3.63) is 60.7 Å². The van der Waals surface area contributed by atoms with E-state index in [1.165, 1.54) is 6.07 Å². The van der Waals surface area contributed by atoms with Gasteiger partial charge in [0.05, 0.1) is 0 Å². The monoisotopic (exact) mass is 308 g/mol. The largest absolute Gasteiger partial charge is 0.504 e. The maximum atomic E-state index is 11.7. The molecule has 0 atom stereocenters. The molecule has 0 aromatic heterocycles. The number of carbonyl (C=O) groups is 1. The van der Waals surface area contributed by atoms with E-state index in [-0.39, 0.29) is 23.9 Å². The molecule has 0 bridgehead atoms. The predicted molar refractivity (Wildman–Crippen MR) is 88.1 cm³/mol. The summed E-state index contributed by atoms with van der Waals surface area (Å²) in [5, 5.41) is 11.7. The molecule has 4 heteroatoms. The summed E-state index contributed by atoms with van der Waals surface area (Å²) in [6.07, 6.45) is 0.268. The zero-order valence-electron chi connectivity index (χ0n) is 12.7. The SMILES string of the molecule is CCC(=O)Oc1cc(Oc2ccccc2)c(O)c2ccccc12. The molecule has 3 aromatic rings. The van der Waals surface area contributed by atoms with Crippen molar-refractivity contribution in [2.75, 3.05) is 0 Å². The second kappa shape index (κ2) is 6.40. The first kappa shape index (κ1) is 14.9.